The molecule has 0 bridgehead atoms. The van der Waals surface area contributed by atoms with Crippen molar-refractivity contribution in [2.24, 2.45) is 0 Å². The SMILES string of the molecule is O=C(NCc1nc(Cc2ccccc2)no1)Nc1ccccn1. The van der Waals surface area contributed by atoms with Crippen molar-refractivity contribution in [2.45, 2.75) is 13.0 Å². The highest BCUT2D eigenvalue weighted by molar-refractivity contribution is 5.87. The lowest BCUT2D eigenvalue weighted by Crippen LogP contribution is -2.28. The van der Waals surface area contributed by atoms with Gasteiger partial charge in [0.25, 0.3) is 0 Å². The summed E-state index contributed by atoms with van der Waals surface area (Å²) in [4.78, 5) is 20.0. The zero-order valence-electron chi connectivity index (χ0n) is 12.3. The monoisotopic (exact) mass is 309 g/mol. The zero-order valence-corrected chi connectivity index (χ0v) is 12.3. The van der Waals surface area contributed by atoms with E-state index in [1.54, 1.807) is 24.4 Å². The van der Waals surface area contributed by atoms with E-state index >= 15 is 0 Å². The van der Waals surface area contributed by atoms with Gasteiger partial charge in [0.2, 0.25) is 5.89 Å². The number of hydrogen-bond donors (Lipinski definition) is 2. The molecule has 2 amide bonds. The van der Waals surface area contributed by atoms with Crippen molar-refractivity contribution in [3.8, 4) is 0 Å². The summed E-state index contributed by atoms with van der Waals surface area (Å²) in [5.41, 5.74) is 1.10. The van der Waals surface area contributed by atoms with Crippen molar-refractivity contribution in [3.05, 3.63) is 72.0 Å². The third-order valence-electron chi connectivity index (χ3n) is 3.02. The molecular formula is C16H15N5O2. The Morgan fingerprint density at radius 1 is 1.09 bits per heavy atom. The zero-order chi connectivity index (χ0) is 15.9. The first-order valence-corrected chi connectivity index (χ1v) is 7.11. The fourth-order valence-corrected chi connectivity index (χ4v) is 1.97. The Kier molecular flexibility index (Phi) is 4.58. The van der Waals surface area contributed by atoms with Crippen molar-refractivity contribution in [1.29, 1.82) is 0 Å². The van der Waals surface area contributed by atoms with Gasteiger partial charge in [-0.05, 0) is 17.7 Å². The van der Waals surface area contributed by atoms with E-state index in [4.69, 9.17) is 4.52 Å². The number of benzene rings is 1. The summed E-state index contributed by atoms with van der Waals surface area (Å²) in [5.74, 6) is 1.41. The molecular weight excluding hydrogens is 294 g/mol. The number of rotatable bonds is 5. The smallest absolute Gasteiger partial charge is 0.320 e. The summed E-state index contributed by atoms with van der Waals surface area (Å²) in [7, 11) is 0. The molecule has 2 heterocycles. The quantitative estimate of drug-likeness (QED) is 0.755. The van der Waals surface area contributed by atoms with Gasteiger partial charge in [-0.25, -0.2) is 9.78 Å². The molecule has 116 valence electrons. The normalized spacial score (nSPS) is 10.3. The van der Waals surface area contributed by atoms with Crippen LogP contribution in [0.15, 0.2) is 59.3 Å². The maximum absolute atomic E-state index is 11.7. The van der Waals surface area contributed by atoms with Gasteiger partial charge in [0, 0.05) is 12.6 Å². The standard InChI is InChI=1S/C16H15N5O2/c22-16(20-13-8-4-5-9-17-13)18-11-15-19-14(21-23-15)10-12-6-2-1-3-7-12/h1-9H,10-11H2,(H2,17,18,20,22). The Bertz CT molecular complexity index is 758. The Hall–Kier alpha value is -3.22. The molecule has 3 rings (SSSR count). The Morgan fingerprint density at radius 2 is 1.91 bits per heavy atom. The highest BCUT2D eigenvalue weighted by Gasteiger charge is 2.09. The van der Waals surface area contributed by atoms with Crippen LogP contribution in [0.1, 0.15) is 17.3 Å². The minimum absolute atomic E-state index is 0.153. The van der Waals surface area contributed by atoms with Crippen molar-refractivity contribution >= 4 is 11.8 Å². The van der Waals surface area contributed by atoms with E-state index in [1.165, 1.54) is 0 Å². The number of carbonyl (C=O) groups is 1. The van der Waals surface area contributed by atoms with Crippen LogP contribution in [0.5, 0.6) is 0 Å². The maximum atomic E-state index is 11.7. The Labute approximate surface area is 132 Å². The summed E-state index contributed by atoms with van der Waals surface area (Å²) in [6, 6.07) is 14.7. The van der Waals surface area contributed by atoms with E-state index in [-0.39, 0.29) is 12.6 Å². The summed E-state index contributed by atoms with van der Waals surface area (Å²) in [6.07, 6.45) is 2.19. The number of nitrogens with zero attached hydrogens (tertiary/aromatic N) is 3. The average Bonchev–Trinajstić information content (AvgIpc) is 3.02. The lowest BCUT2D eigenvalue weighted by molar-refractivity contribution is 0.249. The van der Waals surface area contributed by atoms with E-state index < -0.39 is 0 Å². The first-order valence-electron chi connectivity index (χ1n) is 7.11. The highest BCUT2D eigenvalue weighted by Crippen LogP contribution is 2.06. The fraction of sp³-hybridized carbons (Fsp3) is 0.125. The molecule has 0 unspecified atom stereocenters. The third-order valence-corrected chi connectivity index (χ3v) is 3.02. The maximum Gasteiger partial charge on any atom is 0.320 e. The molecule has 1 aromatic carbocycles. The average molecular weight is 309 g/mol. The van der Waals surface area contributed by atoms with Crippen molar-refractivity contribution in [3.63, 3.8) is 0 Å². The van der Waals surface area contributed by atoms with Gasteiger partial charge in [-0.15, -0.1) is 0 Å². The largest absolute Gasteiger partial charge is 0.337 e. The Morgan fingerprint density at radius 3 is 2.70 bits per heavy atom. The molecule has 0 spiro atoms. The summed E-state index contributed by atoms with van der Waals surface area (Å²) >= 11 is 0. The minimum Gasteiger partial charge on any atom is -0.337 e. The topological polar surface area (TPSA) is 92.9 Å². The van der Waals surface area contributed by atoms with E-state index in [9.17, 15) is 4.79 Å². The van der Waals surface area contributed by atoms with Crippen LogP contribution in [-0.4, -0.2) is 21.2 Å². The third kappa shape index (κ3) is 4.37. The van der Waals surface area contributed by atoms with Crippen LogP contribution in [0.3, 0.4) is 0 Å². The molecule has 0 aliphatic carbocycles. The summed E-state index contributed by atoms with van der Waals surface area (Å²) in [5, 5.41) is 9.15. The van der Waals surface area contributed by atoms with Gasteiger partial charge in [-0.3, -0.25) is 5.32 Å². The lowest BCUT2D eigenvalue weighted by Gasteiger charge is -2.04. The molecule has 0 saturated heterocycles. The number of nitrogens with one attached hydrogen (secondary N) is 2. The number of carbonyl (C=O) groups excluding carboxylic acids is 1. The van der Waals surface area contributed by atoms with E-state index in [1.807, 2.05) is 30.3 Å². The van der Waals surface area contributed by atoms with Crippen molar-refractivity contribution < 1.29 is 9.32 Å². The molecule has 7 heteroatoms. The van der Waals surface area contributed by atoms with Gasteiger partial charge < -0.3 is 9.84 Å². The molecule has 3 aromatic rings. The van der Waals surface area contributed by atoms with Crippen LogP contribution < -0.4 is 10.6 Å². The van der Waals surface area contributed by atoms with Gasteiger partial charge >= 0.3 is 6.03 Å². The first kappa shape index (κ1) is 14.7. The number of hydrogen-bond acceptors (Lipinski definition) is 5. The van der Waals surface area contributed by atoms with Gasteiger partial charge in [0.15, 0.2) is 5.82 Å². The number of amides is 2. The second-order valence-corrected chi connectivity index (χ2v) is 4.79. The van der Waals surface area contributed by atoms with Crippen LogP contribution in [0, 0.1) is 0 Å². The number of aromatic nitrogens is 3. The number of anilines is 1. The summed E-state index contributed by atoms with van der Waals surface area (Å²) in [6.45, 7) is 0.153. The van der Waals surface area contributed by atoms with Gasteiger partial charge in [-0.1, -0.05) is 41.6 Å². The molecule has 2 N–H and O–H groups in total. The second kappa shape index (κ2) is 7.17. The second-order valence-electron chi connectivity index (χ2n) is 4.79. The molecule has 0 fully saturated rings. The van der Waals surface area contributed by atoms with Gasteiger partial charge in [-0.2, -0.15) is 4.98 Å². The fourth-order valence-electron chi connectivity index (χ4n) is 1.97. The van der Waals surface area contributed by atoms with Crippen molar-refractivity contribution in [2.75, 3.05) is 5.32 Å². The predicted octanol–water partition coefficient (Wildman–Crippen LogP) is 2.38. The number of pyridine rings is 1. The first-order chi connectivity index (χ1) is 11.3. The molecule has 23 heavy (non-hydrogen) atoms. The highest BCUT2D eigenvalue weighted by atomic mass is 16.5. The molecule has 0 aliphatic rings. The predicted molar refractivity (Wildman–Crippen MR) is 83.6 cm³/mol. The molecule has 0 aliphatic heterocycles. The van der Waals surface area contributed by atoms with E-state index in [0.29, 0.717) is 24.0 Å². The van der Waals surface area contributed by atoms with Gasteiger partial charge in [0.1, 0.15) is 5.82 Å². The van der Waals surface area contributed by atoms with Crippen molar-refractivity contribution in [1.82, 2.24) is 20.4 Å². The minimum atomic E-state index is -0.383. The van der Waals surface area contributed by atoms with E-state index in [2.05, 4.69) is 25.8 Å². The van der Waals surface area contributed by atoms with Crippen LogP contribution in [0.4, 0.5) is 10.6 Å². The van der Waals surface area contributed by atoms with Crippen LogP contribution in [-0.2, 0) is 13.0 Å². The van der Waals surface area contributed by atoms with Crippen LogP contribution in [0.2, 0.25) is 0 Å². The lowest BCUT2D eigenvalue weighted by atomic mass is 10.1. The molecule has 0 saturated carbocycles. The molecule has 0 atom stereocenters. The van der Waals surface area contributed by atoms with Crippen LogP contribution in [0.25, 0.3) is 0 Å². The van der Waals surface area contributed by atoms with E-state index in [0.717, 1.165) is 5.56 Å². The number of urea groups is 1. The molecule has 0 radical (unpaired) electrons. The van der Waals surface area contributed by atoms with Gasteiger partial charge in [0.05, 0.1) is 6.54 Å². The molecule has 7 nitrogen and oxygen atoms in total. The molecule has 2 aromatic heterocycles. The van der Waals surface area contributed by atoms with Crippen LogP contribution >= 0.6 is 0 Å². The summed E-state index contributed by atoms with van der Waals surface area (Å²) < 4.78 is 5.12. The Balaban J connectivity index is 1.50.